The standard InChI is InChI=1S/C25H36N4O4/c1-18(27-24(31)22-4-2-11-26-22)25(32)29-15-13-28(14-16-29)12-3-17-33-21-9-7-20(8-10-21)23(30)19-5-6-19/h7-10,18-19,22,26H,2-6,11-17H2,1H3,(H,27,31)/t18-,22-/m1/s1. The van der Waals surface area contributed by atoms with Gasteiger partial charge in [-0.25, -0.2) is 0 Å². The monoisotopic (exact) mass is 456 g/mol. The van der Waals surface area contributed by atoms with Gasteiger partial charge in [0.2, 0.25) is 11.8 Å². The first-order valence-corrected chi connectivity index (χ1v) is 12.3. The van der Waals surface area contributed by atoms with Crippen LogP contribution in [-0.4, -0.2) is 85.4 Å². The van der Waals surface area contributed by atoms with Crippen molar-refractivity contribution in [3.05, 3.63) is 29.8 Å². The Labute approximate surface area is 196 Å². The molecule has 180 valence electrons. The molecule has 0 bridgehead atoms. The van der Waals surface area contributed by atoms with Gasteiger partial charge in [0.1, 0.15) is 11.8 Å². The summed E-state index contributed by atoms with van der Waals surface area (Å²) in [5.41, 5.74) is 0.779. The van der Waals surface area contributed by atoms with E-state index in [1.54, 1.807) is 6.92 Å². The van der Waals surface area contributed by atoms with Gasteiger partial charge in [-0.3, -0.25) is 19.3 Å². The van der Waals surface area contributed by atoms with Gasteiger partial charge in [-0.05, 0) is 69.8 Å². The van der Waals surface area contributed by atoms with E-state index in [9.17, 15) is 14.4 Å². The lowest BCUT2D eigenvalue weighted by Gasteiger charge is -2.36. The number of piperazine rings is 1. The number of carbonyl (C=O) groups excluding carboxylic acids is 3. The average molecular weight is 457 g/mol. The van der Waals surface area contributed by atoms with Crippen LogP contribution in [0.2, 0.25) is 0 Å². The first-order valence-electron chi connectivity index (χ1n) is 12.3. The second-order valence-corrected chi connectivity index (χ2v) is 9.41. The average Bonchev–Trinajstić information content (AvgIpc) is 3.54. The predicted molar refractivity (Wildman–Crippen MR) is 125 cm³/mol. The highest BCUT2D eigenvalue weighted by atomic mass is 16.5. The molecule has 4 rings (SSSR count). The number of nitrogens with zero attached hydrogens (tertiary/aromatic N) is 2. The second-order valence-electron chi connectivity index (χ2n) is 9.41. The number of Topliss-reactive ketones (excluding diaryl/α,β-unsaturated/α-hetero) is 1. The van der Waals surface area contributed by atoms with Crippen molar-refractivity contribution < 1.29 is 19.1 Å². The van der Waals surface area contributed by atoms with Crippen LogP contribution in [-0.2, 0) is 9.59 Å². The highest BCUT2D eigenvalue weighted by Crippen LogP contribution is 2.32. The van der Waals surface area contributed by atoms with E-state index in [1.165, 1.54) is 0 Å². The molecule has 1 aliphatic carbocycles. The number of ether oxygens (including phenoxy) is 1. The van der Waals surface area contributed by atoms with Gasteiger partial charge in [0.15, 0.2) is 5.78 Å². The highest BCUT2D eigenvalue weighted by Gasteiger charge is 2.30. The van der Waals surface area contributed by atoms with E-state index in [0.717, 1.165) is 69.6 Å². The molecule has 1 aromatic rings. The van der Waals surface area contributed by atoms with Crippen LogP contribution in [0.15, 0.2) is 24.3 Å². The smallest absolute Gasteiger partial charge is 0.244 e. The Morgan fingerprint density at radius 2 is 1.82 bits per heavy atom. The molecule has 2 saturated heterocycles. The number of benzene rings is 1. The number of amides is 2. The minimum atomic E-state index is -0.495. The molecular weight excluding hydrogens is 420 g/mol. The van der Waals surface area contributed by atoms with Crippen LogP contribution in [0.3, 0.4) is 0 Å². The molecule has 2 aliphatic heterocycles. The van der Waals surface area contributed by atoms with Gasteiger partial charge in [-0.15, -0.1) is 0 Å². The fourth-order valence-electron chi connectivity index (χ4n) is 4.52. The van der Waals surface area contributed by atoms with Crippen LogP contribution in [0.4, 0.5) is 0 Å². The summed E-state index contributed by atoms with van der Waals surface area (Å²) >= 11 is 0. The number of nitrogens with one attached hydrogen (secondary N) is 2. The third kappa shape index (κ3) is 6.54. The highest BCUT2D eigenvalue weighted by molar-refractivity contribution is 5.99. The van der Waals surface area contributed by atoms with Gasteiger partial charge >= 0.3 is 0 Å². The lowest BCUT2D eigenvalue weighted by molar-refractivity contribution is -0.137. The van der Waals surface area contributed by atoms with Gasteiger partial charge in [0.05, 0.1) is 12.6 Å². The second kappa shape index (κ2) is 11.1. The molecule has 3 fully saturated rings. The van der Waals surface area contributed by atoms with Crippen molar-refractivity contribution in [1.29, 1.82) is 0 Å². The van der Waals surface area contributed by atoms with Crippen molar-refractivity contribution in [3.63, 3.8) is 0 Å². The maximum absolute atomic E-state index is 12.7. The molecule has 2 heterocycles. The van der Waals surface area contributed by atoms with Crippen molar-refractivity contribution >= 4 is 17.6 Å². The predicted octanol–water partition coefficient (Wildman–Crippen LogP) is 1.45. The number of rotatable bonds is 10. The Bertz CT molecular complexity index is 825. The minimum absolute atomic E-state index is 0.00653. The summed E-state index contributed by atoms with van der Waals surface area (Å²) in [7, 11) is 0. The fraction of sp³-hybridized carbons (Fsp3) is 0.640. The van der Waals surface area contributed by atoms with Gasteiger partial charge in [0, 0.05) is 44.2 Å². The molecule has 2 N–H and O–H groups in total. The van der Waals surface area contributed by atoms with Gasteiger partial charge < -0.3 is 20.3 Å². The van der Waals surface area contributed by atoms with E-state index in [4.69, 9.17) is 4.74 Å². The van der Waals surface area contributed by atoms with E-state index in [2.05, 4.69) is 15.5 Å². The molecule has 0 unspecified atom stereocenters. The van der Waals surface area contributed by atoms with Gasteiger partial charge in [0.25, 0.3) is 0 Å². The molecule has 3 aliphatic rings. The third-order valence-electron chi connectivity index (χ3n) is 6.76. The van der Waals surface area contributed by atoms with Crippen LogP contribution in [0, 0.1) is 5.92 Å². The molecule has 2 atom stereocenters. The number of hydrogen-bond donors (Lipinski definition) is 2. The molecular formula is C25H36N4O4. The maximum atomic E-state index is 12.7. The van der Waals surface area contributed by atoms with E-state index < -0.39 is 6.04 Å². The summed E-state index contributed by atoms with van der Waals surface area (Å²) in [4.78, 5) is 41.2. The van der Waals surface area contributed by atoms with Crippen molar-refractivity contribution in [1.82, 2.24) is 20.4 Å². The van der Waals surface area contributed by atoms with Crippen molar-refractivity contribution in [2.75, 3.05) is 45.9 Å². The number of hydrogen-bond acceptors (Lipinski definition) is 6. The summed E-state index contributed by atoms with van der Waals surface area (Å²) in [6, 6.07) is 6.82. The van der Waals surface area contributed by atoms with Crippen LogP contribution in [0.25, 0.3) is 0 Å². The zero-order valence-corrected chi connectivity index (χ0v) is 19.6. The molecule has 8 heteroatoms. The Morgan fingerprint density at radius 1 is 1.09 bits per heavy atom. The number of carbonyl (C=O) groups is 3. The maximum Gasteiger partial charge on any atom is 0.244 e. The van der Waals surface area contributed by atoms with Crippen molar-refractivity contribution in [2.45, 2.75) is 51.1 Å². The SMILES string of the molecule is C[C@@H](NC(=O)[C@H]1CCCN1)C(=O)N1CCN(CCCOc2ccc(C(=O)C3CC3)cc2)CC1. The Morgan fingerprint density at radius 3 is 2.45 bits per heavy atom. The van der Waals surface area contributed by atoms with E-state index >= 15 is 0 Å². The lowest BCUT2D eigenvalue weighted by atomic mass is 10.1. The molecule has 0 radical (unpaired) electrons. The van der Waals surface area contributed by atoms with E-state index in [-0.39, 0.29) is 29.6 Å². The summed E-state index contributed by atoms with van der Waals surface area (Å²) in [5, 5.41) is 6.03. The number of ketones is 1. The minimum Gasteiger partial charge on any atom is -0.494 e. The molecule has 0 aromatic heterocycles. The Kier molecular flexibility index (Phi) is 7.98. The molecule has 1 saturated carbocycles. The topological polar surface area (TPSA) is 91.0 Å². The summed E-state index contributed by atoms with van der Waals surface area (Å²) in [6.07, 6.45) is 4.78. The summed E-state index contributed by atoms with van der Waals surface area (Å²) < 4.78 is 5.83. The summed E-state index contributed by atoms with van der Waals surface area (Å²) in [5.74, 6) is 1.20. The third-order valence-corrected chi connectivity index (χ3v) is 6.76. The zero-order valence-electron chi connectivity index (χ0n) is 19.6. The van der Waals surface area contributed by atoms with Crippen molar-refractivity contribution in [3.8, 4) is 5.75 Å². The quantitative estimate of drug-likeness (QED) is 0.409. The van der Waals surface area contributed by atoms with Crippen LogP contribution < -0.4 is 15.4 Å². The first-order chi connectivity index (χ1) is 16.0. The molecule has 8 nitrogen and oxygen atoms in total. The summed E-state index contributed by atoms with van der Waals surface area (Å²) in [6.45, 7) is 7.18. The Balaban J connectivity index is 1.10. The normalized spacial score (nSPS) is 22.1. The molecule has 33 heavy (non-hydrogen) atoms. The molecule has 1 aromatic carbocycles. The Hall–Kier alpha value is -2.45. The van der Waals surface area contributed by atoms with Crippen LogP contribution in [0.1, 0.15) is 49.4 Å². The zero-order chi connectivity index (χ0) is 23.2. The molecule has 0 spiro atoms. The van der Waals surface area contributed by atoms with E-state index in [1.807, 2.05) is 29.2 Å². The van der Waals surface area contributed by atoms with Crippen LogP contribution in [0.5, 0.6) is 5.75 Å². The lowest BCUT2D eigenvalue weighted by Crippen LogP contribution is -2.55. The largest absolute Gasteiger partial charge is 0.494 e. The molecule has 2 amide bonds. The van der Waals surface area contributed by atoms with E-state index in [0.29, 0.717) is 19.7 Å². The first kappa shape index (κ1) is 23.7. The van der Waals surface area contributed by atoms with Gasteiger partial charge in [-0.1, -0.05) is 0 Å². The van der Waals surface area contributed by atoms with Crippen molar-refractivity contribution in [2.24, 2.45) is 5.92 Å². The van der Waals surface area contributed by atoms with Crippen LogP contribution >= 0.6 is 0 Å². The fourth-order valence-corrected chi connectivity index (χ4v) is 4.52. The van der Waals surface area contributed by atoms with Gasteiger partial charge in [-0.2, -0.15) is 0 Å².